The van der Waals surface area contributed by atoms with E-state index in [0.717, 1.165) is 103 Å². The molecule has 0 aliphatic carbocycles. The van der Waals surface area contributed by atoms with E-state index in [2.05, 4.69) is 111 Å². The largest absolute Gasteiger partial charge is 0.477 e. The number of esters is 2. The first-order chi connectivity index (χ1) is 36.6. The predicted molar refractivity (Wildman–Crippen MR) is 318 cm³/mol. The first-order valence-electron chi connectivity index (χ1n) is 30.4. The van der Waals surface area contributed by atoms with Crippen molar-refractivity contribution in [1.82, 2.24) is 0 Å². The summed E-state index contributed by atoms with van der Waals surface area (Å²) in [5, 5.41) is 9.71. The maximum absolute atomic E-state index is 12.9. The van der Waals surface area contributed by atoms with Gasteiger partial charge in [-0.3, -0.25) is 9.59 Å². The SMILES string of the molecule is CC/C=C\C/C=C\C/C=C\C/C=C\C/C=C\CCCCCCCCCCCCCCCCCCCC(=O)OC(COC(=O)CCCCCCCCC/C=C\C/C=C\C/C=C\CC)COC(OCC[N+](C)(C)C)C(=O)O. The number of hydrogen-bond donors (Lipinski definition) is 1. The van der Waals surface area contributed by atoms with E-state index >= 15 is 0 Å². The lowest BCUT2D eigenvalue weighted by atomic mass is 10.0. The van der Waals surface area contributed by atoms with Gasteiger partial charge in [0.1, 0.15) is 13.2 Å². The Balaban J connectivity index is 4.14. The summed E-state index contributed by atoms with van der Waals surface area (Å²) in [7, 11) is 5.96. The number of carbonyl (C=O) groups excluding carboxylic acids is 2. The number of carboxylic acids is 1. The lowest BCUT2D eigenvalue weighted by molar-refractivity contribution is -0.870. The molecule has 0 fully saturated rings. The van der Waals surface area contributed by atoms with Gasteiger partial charge in [-0.1, -0.05) is 239 Å². The average Bonchev–Trinajstić information content (AvgIpc) is 3.38. The van der Waals surface area contributed by atoms with E-state index in [1.54, 1.807) is 0 Å². The summed E-state index contributed by atoms with van der Waals surface area (Å²) in [6.45, 7) is 4.65. The van der Waals surface area contributed by atoms with Crippen LogP contribution in [0.5, 0.6) is 0 Å². The number of nitrogens with zero attached hydrogens (tertiary/aromatic N) is 1. The second kappa shape index (κ2) is 56.4. The molecule has 0 spiro atoms. The van der Waals surface area contributed by atoms with Crippen LogP contribution in [-0.2, 0) is 33.3 Å². The van der Waals surface area contributed by atoms with Gasteiger partial charge in [-0.25, -0.2) is 4.79 Å². The van der Waals surface area contributed by atoms with E-state index in [4.69, 9.17) is 18.9 Å². The van der Waals surface area contributed by atoms with E-state index in [1.807, 2.05) is 21.1 Å². The fraction of sp³-hybridized carbons (Fsp3) is 0.712. The van der Waals surface area contributed by atoms with Gasteiger partial charge in [-0.2, -0.15) is 0 Å². The Morgan fingerprint density at radius 2 is 0.720 bits per heavy atom. The molecule has 75 heavy (non-hydrogen) atoms. The minimum absolute atomic E-state index is 0.183. The summed E-state index contributed by atoms with van der Waals surface area (Å²) in [5.41, 5.74) is 0. The molecule has 9 heteroatoms. The second-order valence-electron chi connectivity index (χ2n) is 21.2. The van der Waals surface area contributed by atoms with Crippen molar-refractivity contribution in [3.63, 3.8) is 0 Å². The summed E-state index contributed by atoms with van der Waals surface area (Å²) in [6, 6.07) is 0. The molecule has 9 nitrogen and oxygen atoms in total. The molecule has 2 unspecified atom stereocenters. The average molecular weight is 1050 g/mol. The third-order valence-corrected chi connectivity index (χ3v) is 12.8. The first-order valence-corrected chi connectivity index (χ1v) is 30.4. The molecule has 0 aromatic rings. The van der Waals surface area contributed by atoms with E-state index < -0.39 is 24.3 Å². The fourth-order valence-electron chi connectivity index (χ4n) is 8.23. The molecule has 2 atom stereocenters. The van der Waals surface area contributed by atoms with Crippen molar-refractivity contribution in [3.8, 4) is 0 Å². The molecule has 0 radical (unpaired) electrons. The van der Waals surface area contributed by atoms with Crippen LogP contribution in [-0.4, -0.2) is 87.4 Å². The summed E-state index contributed by atoms with van der Waals surface area (Å²) in [5.74, 6) is -2.02. The molecule has 0 rings (SSSR count). The van der Waals surface area contributed by atoms with Gasteiger partial charge >= 0.3 is 17.9 Å². The summed E-state index contributed by atoms with van der Waals surface area (Å²) < 4.78 is 22.9. The van der Waals surface area contributed by atoms with Gasteiger partial charge in [-0.15, -0.1) is 0 Å². The Morgan fingerprint density at radius 3 is 1.07 bits per heavy atom. The molecule has 0 aliphatic rings. The van der Waals surface area contributed by atoms with E-state index in [0.29, 0.717) is 11.0 Å². The lowest BCUT2D eigenvalue weighted by Gasteiger charge is -2.25. The fourth-order valence-corrected chi connectivity index (χ4v) is 8.23. The Morgan fingerprint density at radius 1 is 0.400 bits per heavy atom. The summed E-state index contributed by atoms with van der Waals surface area (Å²) in [6.07, 6.45) is 73.5. The molecule has 0 bridgehead atoms. The highest BCUT2D eigenvalue weighted by Crippen LogP contribution is 2.16. The van der Waals surface area contributed by atoms with Crippen LogP contribution in [0.3, 0.4) is 0 Å². The third kappa shape index (κ3) is 57.7. The predicted octanol–water partition coefficient (Wildman–Crippen LogP) is 18.1. The monoisotopic (exact) mass is 1050 g/mol. The molecular weight excluding hydrogens is 935 g/mol. The van der Waals surface area contributed by atoms with E-state index in [9.17, 15) is 19.5 Å². The molecule has 0 amide bonds. The van der Waals surface area contributed by atoms with Crippen LogP contribution in [0.1, 0.15) is 245 Å². The highest BCUT2D eigenvalue weighted by Gasteiger charge is 2.25. The number of allylic oxidation sites excluding steroid dienone is 16. The van der Waals surface area contributed by atoms with Crippen molar-refractivity contribution in [3.05, 3.63) is 97.2 Å². The molecule has 0 heterocycles. The highest BCUT2D eigenvalue weighted by molar-refractivity contribution is 5.71. The van der Waals surface area contributed by atoms with Crippen molar-refractivity contribution >= 4 is 17.9 Å². The van der Waals surface area contributed by atoms with Gasteiger partial charge < -0.3 is 28.5 Å². The van der Waals surface area contributed by atoms with Crippen LogP contribution in [0.2, 0.25) is 0 Å². The second-order valence-corrected chi connectivity index (χ2v) is 21.2. The first kappa shape index (κ1) is 71.2. The van der Waals surface area contributed by atoms with E-state index in [-0.39, 0.29) is 38.6 Å². The number of quaternary nitrogens is 1. The smallest absolute Gasteiger partial charge is 0.361 e. The summed E-state index contributed by atoms with van der Waals surface area (Å²) >= 11 is 0. The van der Waals surface area contributed by atoms with Gasteiger partial charge in [0, 0.05) is 12.8 Å². The zero-order valence-electron chi connectivity index (χ0n) is 48.9. The third-order valence-electron chi connectivity index (χ3n) is 12.8. The van der Waals surface area contributed by atoms with Crippen LogP contribution in [0, 0.1) is 0 Å². The molecule has 0 aromatic carbocycles. The van der Waals surface area contributed by atoms with Crippen LogP contribution >= 0.6 is 0 Å². The Labute approximate surface area is 461 Å². The highest BCUT2D eigenvalue weighted by atomic mass is 16.7. The summed E-state index contributed by atoms with van der Waals surface area (Å²) in [4.78, 5) is 37.4. The molecule has 430 valence electrons. The number of ether oxygens (including phenoxy) is 4. The quantitative estimate of drug-likeness (QED) is 0.0211. The molecule has 0 aromatic heterocycles. The molecule has 0 saturated heterocycles. The van der Waals surface area contributed by atoms with Crippen molar-refractivity contribution in [2.75, 3.05) is 47.5 Å². The number of rotatable bonds is 55. The molecule has 1 N–H and O–H groups in total. The topological polar surface area (TPSA) is 108 Å². The zero-order chi connectivity index (χ0) is 54.8. The van der Waals surface area contributed by atoms with Crippen molar-refractivity contribution in [1.29, 1.82) is 0 Å². The Hall–Kier alpha value is -3.79. The minimum atomic E-state index is -1.52. The molecule has 0 saturated carbocycles. The van der Waals surface area contributed by atoms with Gasteiger partial charge in [0.15, 0.2) is 6.10 Å². The lowest BCUT2D eigenvalue weighted by Crippen LogP contribution is -2.40. The standard InChI is InChI=1S/C66H113NO8/c1-6-8-10-12-14-16-18-20-22-24-25-26-27-28-29-30-31-32-33-34-35-36-37-38-39-41-43-45-47-49-51-53-55-57-64(69)75-62(61-74-66(65(70)71)72-59-58-67(3,4)5)60-73-63(68)56-54-52-50-48-46-44-42-40-23-21-19-17-15-13-11-9-7-2/h8-11,14-17,20-23,25-26,28-29,62,66H,6-7,12-13,18-19,24,27,30-61H2,1-5H3/p+1/b10-8-,11-9-,16-14-,17-15-,22-20-,23-21-,26-25-,29-28-. The van der Waals surface area contributed by atoms with Crippen molar-refractivity contribution in [2.24, 2.45) is 0 Å². The van der Waals surface area contributed by atoms with Crippen LogP contribution < -0.4 is 0 Å². The van der Waals surface area contributed by atoms with Crippen molar-refractivity contribution in [2.45, 2.75) is 257 Å². The van der Waals surface area contributed by atoms with Crippen LogP contribution in [0.25, 0.3) is 0 Å². The van der Waals surface area contributed by atoms with Crippen LogP contribution in [0.4, 0.5) is 0 Å². The van der Waals surface area contributed by atoms with E-state index in [1.165, 1.54) is 116 Å². The Bertz CT molecular complexity index is 1550. The number of aliphatic carboxylic acids is 1. The van der Waals surface area contributed by atoms with Crippen LogP contribution in [0.15, 0.2) is 97.2 Å². The number of hydrogen-bond acceptors (Lipinski definition) is 7. The zero-order valence-corrected chi connectivity index (χ0v) is 48.9. The Kier molecular flexibility index (Phi) is 53.6. The minimum Gasteiger partial charge on any atom is -0.477 e. The van der Waals surface area contributed by atoms with Gasteiger partial charge in [0.2, 0.25) is 0 Å². The normalized spacial score (nSPS) is 13.5. The van der Waals surface area contributed by atoms with Gasteiger partial charge in [0.25, 0.3) is 6.29 Å². The number of carbonyl (C=O) groups is 3. The number of unbranched alkanes of at least 4 members (excludes halogenated alkanes) is 24. The maximum Gasteiger partial charge on any atom is 0.361 e. The van der Waals surface area contributed by atoms with Crippen molar-refractivity contribution < 1.29 is 42.9 Å². The maximum atomic E-state index is 12.9. The van der Waals surface area contributed by atoms with Gasteiger partial charge in [0.05, 0.1) is 34.4 Å². The van der Waals surface area contributed by atoms with Gasteiger partial charge in [-0.05, 0) is 89.9 Å². The number of likely N-dealkylation sites (N-methyl/N-ethyl adjacent to an activating group) is 1. The molecular formula is C66H114NO8+. The molecule has 0 aliphatic heterocycles. The number of carboxylic acid groups (broad SMARTS) is 1.